The number of rotatable bonds is 4. The second-order valence-corrected chi connectivity index (χ2v) is 4.98. The molecule has 0 aromatic carbocycles. The molecule has 2 rings (SSSR count). The molecule has 1 heterocycles. The van der Waals surface area contributed by atoms with Crippen molar-refractivity contribution in [1.29, 1.82) is 0 Å². The molecule has 1 saturated carbocycles. The smallest absolute Gasteiger partial charge is 0.147 e. The van der Waals surface area contributed by atoms with Crippen LogP contribution >= 0.6 is 0 Å². The fraction of sp³-hybridized carbons (Fsp3) is 0.818. The first-order valence-corrected chi connectivity index (χ1v) is 5.74. The van der Waals surface area contributed by atoms with Crippen LogP contribution in [-0.4, -0.2) is 14.8 Å². The Morgan fingerprint density at radius 1 is 1.40 bits per heavy atom. The van der Waals surface area contributed by atoms with E-state index >= 15 is 0 Å². The lowest BCUT2D eigenvalue weighted by Crippen LogP contribution is -2.23. The van der Waals surface area contributed by atoms with Crippen LogP contribution in [0.3, 0.4) is 0 Å². The van der Waals surface area contributed by atoms with Gasteiger partial charge in [-0.1, -0.05) is 20.8 Å². The summed E-state index contributed by atoms with van der Waals surface area (Å²) in [5.74, 6) is 2.04. The van der Waals surface area contributed by atoms with Crippen LogP contribution in [-0.2, 0) is 12.0 Å². The van der Waals surface area contributed by atoms with Gasteiger partial charge in [0.1, 0.15) is 11.6 Å². The van der Waals surface area contributed by atoms with E-state index in [2.05, 4.69) is 35.5 Å². The third kappa shape index (κ3) is 1.78. The van der Waals surface area contributed by atoms with Crippen molar-refractivity contribution in [2.75, 3.05) is 0 Å². The quantitative estimate of drug-likeness (QED) is 0.820. The van der Waals surface area contributed by atoms with E-state index in [1.807, 2.05) is 0 Å². The van der Waals surface area contributed by atoms with E-state index in [1.54, 1.807) is 0 Å². The van der Waals surface area contributed by atoms with Gasteiger partial charge in [0.25, 0.3) is 0 Å². The minimum absolute atomic E-state index is 0.100. The number of nitrogens with two attached hydrogens (primary N) is 1. The van der Waals surface area contributed by atoms with Crippen LogP contribution in [0.4, 0.5) is 0 Å². The van der Waals surface area contributed by atoms with Crippen LogP contribution in [0.15, 0.2) is 0 Å². The van der Waals surface area contributed by atoms with Gasteiger partial charge in [-0.3, -0.25) is 0 Å². The summed E-state index contributed by atoms with van der Waals surface area (Å²) in [7, 11) is 0. The second kappa shape index (κ2) is 3.59. The summed E-state index contributed by atoms with van der Waals surface area (Å²) in [6, 6.07) is 0.611. The Bertz CT molecular complexity index is 349. The molecule has 15 heavy (non-hydrogen) atoms. The molecule has 0 radical (unpaired) electrons. The first-order valence-electron chi connectivity index (χ1n) is 5.74. The molecule has 0 bridgehead atoms. The molecule has 1 fully saturated rings. The maximum absolute atomic E-state index is 5.69. The highest BCUT2D eigenvalue weighted by Crippen LogP contribution is 2.39. The van der Waals surface area contributed by atoms with E-state index in [4.69, 9.17) is 5.73 Å². The summed E-state index contributed by atoms with van der Waals surface area (Å²) in [6.45, 7) is 7.11. The van der Waals surface area contributed by atoms with E-state index in [1.165, 1.54) is 12.8 Å². The fourth-order valence-corrected chi connectivity index (χ4v) is 1.80. The maximum Gasteiger partial charge on any atom is 0.147 e. The molecule has 2 N–H and O–H groups in total. The largest absolute Gasteiger partial charge is 0.324 e. The second-order valence-electron chi connectivity index (χ2n) is 4.98. The van der Waals surface area contributed by atoms with Gasteiger partial charge in [-0.15, -0.1) is 10.2 Å². The first kappa shape index (κ1) is 10.6. The van der Waals surface area contributed by atoms with Gasteiger partial charge in [-0.25, -0.2) is 0 Å². The van der Waals surface area contributed by atoms with Crippen molar-refractivity contribution in [3.63, 3.8) is 0 Å². The molecule has 0 atom stereocenters. The third-order valence-corrected chi connectivity index (χ3v) is 3.35. The SMILES string of the molecule is CCC(C)(C)c1nnc(CN)n1C1CC1. The molecule has 1 aliphatic rings. The molecule has 0 unspecified atom stereocenters. The molecule has 0 amide bonds. The highest BCUT2D eigenvalue weighted by atomic mass is 15.3. The number of hydrogen-bond donors (Lipinski definition) is 1. The highest BCUT2D eigenvalue weighted by Gasteiger charge is 2.34. The van der Waals surface area contributed by atoms with E-state index in [-0.39, 0.29) is 5.41 Å². The summed E-state index contributed by atoms with van der Waals surface area (Å²) in [4.78, 5) is 0. The van der Waals surface area contributed by atoms with Crippen LogP contribution in [0.25, 0.3) is 0 Å². The van der Waals surface area contributed by atoms with Crippen molar-refractivity contribution >= 4 is 0 Å². The zero-order chi connectivity index (χ0) is 11.1. The standard InChI is InChI=1S/C11H20N4/c1-4-11(2,3)10-14-13-9(7-12)15(10)8-5-6-8/h8H,4-7,12H2,1-3H3. The summed E-state index contributed by atoms with van der Waals surface area (Å²) in [5.41, 5.74) is 5.79. The van der Waals surface area contributed by atoms with Crippen LogP contribution in [0.5, 0.6) is 0 Å². The monoisotopic (exact) mass is 208 g/mol. The third-order valence-electron chi connectivity index (χ3n) is 3.35. The highest BCUT2D eigenvalue weighted by molar-refractivity contribution is 5.11. The van der Waals surface area contributed by atoms with E-state index < -0.39 is 0 Å². The lowest BCUT2D eigenvalue weighted by atomic mass is 9.89. The Morgan fingerprint density at radius 2 is 2.07 bits per heavy atom. The summed E-state index contributed by atoms with van der Waals surface area (Å²) >= 11 is 0. The Morgan fingerprint density at radius 3 is 2.53 bits per heavy atom. The predicted octanol–water partition coefficient (Wildman–Crippen LogP) is 1.76. The van der Waals surface area contributed by atoms with Crippen LogP contribution in [0.1, 0.15) is 57.7 Å². The minimum Gasteiger partial charge on any atom is -0.324 e. The number of nitrogens with zero attached hydrogens (tertiary/aromatic N) is 3. The van der Waals surface area contributed by atoms with Crippen LogP contribution in [0.2, 0.25) is 0 Å². The van der Waals surface area contributed by atoms with Gasteiger partial charge in [0, 0.05) is 11.5 Å². The molecule has 1 aromatic rings. The summed E-state index contributed by atoms with van der Waals surface area (Å²) in [5, 5.41) is 8.52. The predicted molar refractivity (Wildman–Crippen MR) is 59.5 cm³/mol. The minimum atomic E-state index is 0.100. The molecule has 0 spiro atoms. The van der Waals surface area contributed by atoms with Gasteiger partial charge in [-0.2, -0.15) is 0 Å². The van der Waals surface area contributed by atoms with Crippen molar-refractivity contribution in [3.8, 4) is 0 Å². The van der Waals surface area contributed by atoms with Gasteiger partial charge in [0.15, 0.2) is 0 Å². The molecule has 4 heteroatoms. The zero-order valence-corrected chi connectivity index (χ0v) is 9.82. The molecule has 1 aromatic heterocycles. The van der Waals surface area contributed by atoms with E-state index in [0.717, 1.165) is 18.1 Å². The van der Waals surface area contributed by atoms with Crippen molar-refractivity contribution in [3.05, 3.63) is 11.6 Å². The topological polar surface area (TPSA) is 56.7 Å². The molecule has 84 valence electrons. The van der Waals surface area contributed by atoms with Gasteiger partial charge in [0.05, 0.1) is 6.54 Å². The number of aromatic nitrogens is 3. The van der Waals surface area contributed by atoms with Crippen molar-refractivity contribution in [1.82, 2.24) is 14.8 Å². The normalized spacial score (nSPS) is 17.1. The Balaban J connectivity index is 2.42. The Kier molecular flexibility index (Phi) is 2.54. The van der Waals surface area contributed by atoms with Crippen molar-refractivity contribution < 1.29 is 0 Å². The molecular weight excluding hydrogens is 188 g/mol. The van der Waals surface area contributed by atoms with Crippen molar-refractivity contribution in [2.24, 2.45) is 5.73 Å². The van der Waals surface area contributed by atoms with Gasteiger partial charge < -0.3 is 10.3 Å². The van der Waals surface area contributed by atoms with E-state index in [9.17, 15) is 0 Å². The Labute approximate surface area is 90.9 Å². The first-order chi connectivity index (χ1) is 7.10. The van der Waals surface area contributed by atoms with Crippen LogP contribution in [0, 0.1) is 0 Å². The molecule has 1 aliphatic carbocycles. The van der Waals surface area contributed by atoms with E-state index in [0.29, 0.717) is 12.6 Å². The zero-order valence-electron chi connectivity index (χ0n) is 9.82. The van der Waals surface area contributed by atoms with Gasteiger partial charge in [-0.05, 0) is 19.3 Å². The number of hydrogen-bond acceptors (Lipinski definition) is 3. The molecule has 4 nitrogen and oxygen atoms in total. The molecule has 0 aliphatic heterocycles. The van der Waals surface area contributed by atoms with Gasteiger partial charge in [0.2, 0.25) is 0 Å². The summed E-state index contributed by atoms with van der Waals surface area (Å²) in [6.07, 6.45) is 3.57. The average Bonchev–Trinajstić information content (AvgIpc) is 2.97. The molecular formula is C11H20N4. The average molecular weight is 208 g/mol. The fourth-order valence-electron chi connectivity index (χ4n) is 1.80. The maximum atomic E-state index is 5.69. The lowest BCUT2D eigenvalue weighted by molar-refractivity contribution is 0.440. The molecule has 0 saturated heterocycles. The Hall–Kier alpha value is -0.900. The summed E-state index contributed by atoms with van der Waals surface area (Å²) < 4.78 is 2.27. The van der Waals surface area contributed by atoms with Gasteiger partial charge >= 0.3 is 0 Å². The lowest BCUT2D eigenvalue weighted by Gasteiger charge is -2.23. The van der Waals surface area contributed by atoms with Crippen LogP contribution < -0.4 is 5.73 Å². The van der Waals surface area contributed by atoms with Crippen molar-refractivity contribution in [2.45, 2.75) is 58.0 Å².